The van der Waals surface area contributed by atoms with Crippen LogP contribution < -0.4 is 5.32 Å². The number of rotatable bonds is 6. The number of nitrogens with one attached hydrogen (secondary N) is 1. The highest BCUT2D eigenvalue weighted by molar-refractivity contribution is 5.95. The average molecular weight is 368 g/mol. The number of benzene rings is 2. The van der Waals surface area contributed by atoms with Gasteiger partial charge in [-0.3, -0.25) is 9.59 Å². The van der Waals surface area contributed by atoms with Crippen LogP contribution in [0.3, 0.4) is 0 Å². The van der Waals surface area contributed by atoms with Crippen molar-refractivity contribution < 1.29 is 14.0 Å². The van der Waals surface area contributed by atoms with Crippen LogP contribution in [0.1, 0.15) is 35.2 Å². The van der Waals surface area contributed by atoms with Crippen molar-refractivity contribution >= 4 is 11.8 Å². The van der Waals surface area contributed by atoms with Gasteiger partial charge in [0.2, 0.25) is 5.91 Å². The number of carbonyl (C=O) groups is 2. The largest absolute Gasteiger partial charge is 0.356 e. The first-order valence-electron chi connectivity index (χ1n) is 9.50. The van der Waals surface area contributed by atoms with E-state index in [1.54, 1.807) is 17.0 Å². The summed E-state index contributed by atoms with van der Waals surface area (Å²) in [4.78, 5) is 26.6. The zero-order valence-electron chi connectivity index (χ0n) is 15.4. The van der Waals surface area contributed by atoms with E-state index in [-0.39, 0.29) is 23.3 Å². The standard InChI is InChI=1S/C22H25FN2O2/c23-20-13-5-4-12-19(20)22(27)25-15-7-11-18(16-25)21(26)24-14-6-10-17-8-2-1-3-9-17/h1-5,8-9,12-13,18H,6-7,10-11,14-16H2,(H,24,26). The van der Waals surface area contributed by atoms with E-state index >= 15 is 0 Å². The molecule has 142 valence electrons. The number of amides is 2. The fourth-order valence-corrected chi connectivity index (χ4v) is 3.47. The third-order valence-electron chi connectivity index (χ3n) is 4.97. The molecule has 1 N–H and O–H groups in total. The monoisotopic (exact) mass is 368 g/mol. The van der Waals surface area contributed by atoms with Crippen LogP contribution in [0, 0.1) is 11.7 Å². The van der Waals surface area contributed by atoms with Crippen molar-refractivity contribution in [3.8, 4) is 0 Å². The molecule has 0 radical (unpaired) electrons. The second kappa shape index (κ2) is 9.31. The molecule has 0 aliphatic carbocycles. The fourth-order valence-electron chi connectivity index (χ4n) is 3.47. The highest BCUT2D eigenvalue weighted by Gasteiger charge is 2.29. The van der Waals surface area contributed by atoms with E-state index in [9.17, 15) is 14.0 Å². The molecular formula is C22H25FN2O2. The van der Waals surface area contributed by atoms with Crippen LogP contribution in [-0.4, -0.2) is 36.3 Å². The fraction of sp³-hybridized carbons (Fsp3) is 0.364. The van der Waals surface area contributed by atoms with Crippen molar-refractivity contribution in [1.82, 2.24) is 10.2 Å². The molecule has 2 aromatic rings. The molecule has 1 heterocycles. The van der Waals surface area contributed by atoms with Crippen molar-refractivity contribution in [3.63, 3.8) is 0 Å². The van der Waals surface area contributed by atoms with Gasteiger partial charge in [-0.05, 0) is 43.4 Å². The molecule has 1 aliphatic heterocycles. The number of piperidine rings is 1. The third-order valence-corrected chi connectivity index (χ3v) is 4.97. The smallest absolute Gasteiger partial charge is 0.256 e. The number of aryl methyl sites for hydroxylation is 1. The van der Waals surface area contributed by atoms with Gasteiger partial charge in [0.15, 0.2) is 0 Å². The molecule has 0 spiro atoms. The van der Waals surface area contributed by atoms with E-state index in [4.69, 9.17) is 0 Å². The quantitative estimate of drug-likeness (QED) is 0.794. The van der Waals surface area contributed by atoms with E-state index in [1.807, 2.05) is 18.2 Å². The summed E-state index contributed by atoms with van der Waals surface area (Å²) in [5.74, 6) is -1.11. The highest BCUT2D eigenvalue weighted by atomic mass is 19.1. The zero-order valence-corrected chi connectivity index (χ0v) is 15.4. The van der Waals surface area contributed by atoms with Gasteiger partial charge >= 0.3 is 0 Å². The Bertz CT molecular complexity index is 779. The lowest BCUT2D eigenvalue weighted by molar-refractivity contribution is -0.126. The molecule has 1 unspecified atom stereocenters. The Kier molecular flexibility index (Phi) is 6.58. The Balaban J connectivity index is 1.48. The molecule has 1 saturated heterocycles. The highest BCUT2D eigenvalue weighted by Crippen LogP contribution is 2.20. The first kappa shape index (κ1) is 19.1. The second-order valence-corrected chi connectivity index (χ2v) is 6.95. The van der Waals surface area contributed by atoms with Gasteiger partial charge in [0.1, 0.15) is 5.82 Å². The van der Waals surface area contributed by atoms with Gasteiger partial charge < -0.3 is 10.2 Å². The molecule has 1 fully saturated rings. The minimum Gasteiger partial charge on any atom is -0.356 e. The first-order valence-corrected chi connectivity index (χ1v) is 9.50. The van der Waals surface area contributed by atoms with Crippen LogP contribution in [0.25, 0.3) is 0 Å². The maximum atomic E-state index is 13.9. The van der Waals surface area contributed by atoms with Gasteiger partial charge in [0, 0.05) is 19.6 Å². The minimum absolute atomic E-state index is 0.0194. The number of hydrogen-bond donors (Lipinski definition) is 1. The molecule has 0 aromatic heterocycles. The Morgan fingerprint density at radius 1 is 1.07 bits per heavy atom. The molecule has 1 aliphatic rings. The van der Waals surface area contributed by atoms with Crippen LogP contribution in [0.5, 0.6) is 0 Å². The summed E-state index contributed by atoms with van der Waals surface area (Å²) in [5.41, 5.74) is 1.33. The van der Waals surface area contributed by atoms with Crippen LogP contribution in [-0.2, 0) is 11.2 Å². The van der Waals surface area contributed by atoms with E-state index in [2.05, 4.69) is 17.4 Å². The number of halogens is 1. The lowest BCUT2D eigenvalue weighted by atomic mass is 9.96. The maximum absolute atomic E-state index is 13.9. The van der Waals surface area contributed by atoms with Gasteiger partial charge in [-0.15, -0.1) is 0 Å². The van der Waals surface area contributed by atoms with E-state index in [0.717, 1.165) is 25.7 Å². The molecule has 0 saturated carbocycles. The summed E-state index contributed by atoms with van der Waals surface area (Å²) in [6, 6.07) is 16.2. The lowest BCUT2D eigenvalue weighted by Gasteiger charge is -2.32. The molecule has 4 nitrogen and oxygen atoms in total. The summed E-state index contributed by atoms with van der Waals surface area (Å²) < 4.78 is 13.9. The normalized spacial score (nSPS) is 16.8. The van der Waals surface area contributed by atoms with Crippen molar-refractivity contribution in [3.05, 3.63) is 71.5 Å². The molecule has 1 atom stereocenters. The van der Waals surface area contributed by atoms with Gasteiger partial charge in [0.05, 0.1) is 11.5 Å². The van der Waals surface area contributed by atoms with Crippen LogP contribution in [0.4, 0.5) is 4.39 Å². The maximum Gasteiger partial charge on any atom is 0.256 e. The molecule has 5 heteroatoms. The van der Waals surface area contributed by atoms with E-state index < -0.39 is 5.82 Å². The molecule has 2 aromatic carbocycles. The minimum atomic E-state index is -0.519. The SMILES string of the molecule is O=C(NCCCc1ccccc1)C1CCCN(C(=O)c2ccccc2F)C1. The van der Waals surface area contributed by atoms with E-state index in [0.29, 0.717) is 19.6 Å². The van der Waals surface area contributed by atoms with Gasteiger partial charge in [0.25, 0.3) is 5.91 Å². The van der Waals surface area contributed by atoms with Crippen molar-refractivity contribution in [2.75, 3.05) is 19.6 Å². The van der Waals surface area contributed by atoms with Crippen LogP contribution >= 0.6 is 0 Å². The van der Waals surface area contributed by atoms with Crippen molar-refractivity contribution in [2.24, 2.45) is 5.92 Å². The van der Waals surface area contributed by atoms with Crippen LogP contribution in [0.15, 0.2) is 54.6 Å². The zero-order chi connectivity index (χ0) is 19.1. The summed E-state index contributed by atoms with van der Waals surface area (Å²) in [6.45, 7) is 1.52. The Morgan fingerprint density at radius 3 is 2.59 bits per heavy atom. The average Bonchev–Trinajstić information content (AvgIpc) is 2.72. The molecule has 27 heavy (non-hydrogen) atoms. The second-order valence-electron chi connectivity index (χ2n) is 6.95. The van der Waals surface area contributed by atoms with Crippen LogP contribution in [0.2, 0.25) is 0 Å². The Labute approximate surface area is 159 Å². The number of hydrogen-bond acceptors (Lipinski definition) is 2. The molecular weight excluding hydrogens is 343 g/mol. The van der Waals surface area contributed by atoms with Gasteiger partial charge in [-0.25, -0.2) is 4.39 Å². The topological polar surface area (TPSA) is 49.4 Å². The van der Waals surface area contributed by atoms with Crippen molar-refractivity contribution in [2.45, 2.75) is 25.7 Å². The molecule has 0 bridgehead atoms. The molecule has 2 amide bonds. The number of nitrogens with zero attached hydrogens (tertiary/aromatic N) is 1. The van der Waals surface area contributed by atoms with Crippen molar-refractivity contribution in [1.29, 1.82) is 0 Å². The predicted octanol–water partition coefficient (Wildman–Crippen LogP) is 3.43. The van der Waals surface area contributed by atoms with Gasteiger partial charge in [-0.2, -0.15) is 0 Å². The third kappa shape index (κ3) is 5.16. The number of carbonyl (C=O) groups excluding carboxylic acids is 2. The van der Waals surface area contributed by atoms with Gasteiger partial charge in [-0.1, -0.05) is 42.5 Å². The molecule has 3 rings (SSSR count). The predicted molar refractivity (Wildman–Crippen MR) is 103 cm³/mol. The first-order chi connectivity index (χ1) is 13.1. The summed E-state index contributed by atoms with van der Waals surface area (Å²) in [7, 11) is 0. The van der Waals surface area contributed by atoms with E-state index in [1.165, 1.54) is 17.7 Å². The summed E-state index contributed by atoms with van der Waals surface area (Å²) in [6.07, 6.45) is 3.30. The number of likely N-dealkylation sites (tertiary alicyclic amines) is 1. The Hall–Kier alpha value is -2.69. The summed E-state index contributed by atoms with van der Waals surface area (Å²) in [5, 5.41) is 2.98. The lowest BCUT2D eigenvalue weighted by Crippen LogP contribution is -2.45. The Morgan fingerprint density at radius 2 is 1.81 bits per heavy atom. The summed E-state index contributed by atoms with van der Waals surface area (Å²) >= 11 is 0.